The van der Waals surface area contributed by atoms with Crippen molar-refractivity contribution in [1.29, 1.82) is 0 Å². The number of rotatable bonds is 1. The predicted molar refractivity (Wildman–Crippen MR) is 63.1 cm³/mol. The van der Waals surface area contributed by atoms with E-state index in [-0.39, 0.29) is 6.10 Å². The summed E-state index contributed by atoms with van der Waals surface area (Å²) in [6.45, 7) is 4.32. The summed E-state index contributed by atoms with van der Waals surface area (Å²) in [5.41, 5.74) is 4.07. The lowest BCUT2D eigenvalue weighted by Crippen LogP contribution is -2.23. The molecule has 1 fully saturated rings. The summed E-state index contributed by atoms with van der Waals surface area (Å²) in [5, 5.41) is 10.0. The fraction of sp³-hybridized carbons (Fsp3) is 0.571. The molecule has 1 saturated carbocycles. The summed E-state index contributed by atoms with van der Waals surface area (Å²) >= 11 is 0. The number of hydrogen-bond donors (Lipinski definition) is 1. The van der Waals surface area contributed by atoms with Gasteiger partial charge in [-0.05, 0) is 43.4 Å². The van der Waals surface area contributed by atoms with Crippen molar-refractivity contribution < 1.29 is 5.11 Å². The Bertz CT molecular complexity index is 343. The molecule has 1 aromatic rings. The predicted octanol–water partition coefficient (Wildman–Crippen LogP) is 3.32. The third kappa shape index (κ3) is 2.07. The molecule has 1 N–H and O–H groups in total. The summed E-state index contributed by atoms with van der Waals surface area (Å²) in [6, 6.07) is 6.44. The Hall–Kier alpha value is -0.820. The maximum atomic E-state index is 10.0. The highest BCUT2D eigenvalue weighted by molar-refractivity contribution is 5.36. The molecule has 15 heavy (non-hydrogen) atoms. The Kier molecular flexibility index (Phi) is 3.11. The van der Waals surface area contributed by atoms with Crippen LogP contribution in [0.25, 0.3) is 0 Å². The second-order valence-electron chi connectivity index (χ2n) is 4.75. The van der Waals surface area contributed by atoms with Gasteiger partial charge in [0.2, 0.25) is 0 Å². The summed E-state index contributed by atoms with van der Waals surface area (Å²) in [6.07, 6.45) is 4.43. The average Bonchev–Trinajstić information content (AvgIpc) is 2.23. The lowest BCUT2D eigenvalue weighted by molar-refractivity contribution is 0.106. The smallest absolute Gasteiger partial charge is 0.0608 e. The minimum absolute atomic E-state index is 0.126. The standard InChI is InChI=1S/C14H20O/c1-10-6-5-8-12(11(10)2)13-7-3-4-9-14(13)15/h5-6,8,13-15H,3-4,7,9H2,1-2H3. The SMILES string of the molecule is Cc1cccc(C2CCCCC2O)c1C. The van der Waals surface area contributed by atoms with Crippen LogP contribution in [0.3, 0.4) is 0 Å². The Morgan fingerprint density at radius 2 is 1.87 bits per heavy atom. The van der Waals surface area contributed by atoms with Crippen LogP contribution in [-0.4, -0.2) is 11.2 Å². The largest absolute Gasteiger partial charge is 0.392 e. The molecule has 2 atom stereocenters. The zero-order chi connectivity index (χ0) is 10.8. The molecule has 2 rings (SSSR count). The third-order valence-electron chi connectivity index (χ3n) is 3.78. The highest BCUT2D eigenvalue weighted by Crippen LogP contribution is 2.35. The van der Waals surface area contributed by atoms with Crippen molar-refractivity contribution in [3.8, 4) is 0 Å². The van der Waals surface area contributed by atoms with Gasteiger partial charge in [0.1, 0.15) is 0 Å². The molecule has 82 valence electrons. The molecule has 0 saturated heterocycles. The first-order valence-corrected chi connectivity index (χ1v) is 5.94. The quantitative estimate of drug-likeness (QED) is 0.744. The van der Waals surface area contributed by atoms with Gasteiger partial charge in [0.25, 0.3) is 0 Å². The molecule has 0 heterocycles. The van der Waals surface area contributed by atoms with Crippen LogP contribution in [-0.2, 0) is 0 Å². The average molecular weight is 204 g/mol. The van der Waals surface area contributed by atoms with Gasteiger partial charge in [-0.1, -0.05) is 31.0 Å². The first-order valence-electron chi connectivity index (χ1n) is 5.94. The van der Waals surface area contributed by atoms with Crippen molar-refractivity contribution in [2.45, 2.75) is 51.6 Å². The molecule has 1 nitrogen and oxygen atoms in total. The summed E-state index contributed by atoms with van der Waals surface area (Å²) < 4.78 is 0. The van der Waals surface area contributed by atoms with Crippen molar-refractivity contribution >= 4 is 0 Å². The van der Waals surface area contributed by atoms with E-state index in [1.54, 1.807) is 0 Å². The first-order chi connectivity index (χ1) is 7.20. The zero-order valence-corrected chi connectivity index (χ0v) is 9.66. The van der Waals surface area contributed by atoms with Gasteiger partial charge in [0.15, 0.2) is 0 Å². The van der Waals surface area contributed by atoms with Gasteiger partial charge in [0, 0.05) is 5.92 Å². The molecule has 1 heteroatoms. The van der Waals surface area contributed by atoms with Crippen LogP contribution in [0.5, 0.6) is 0 Å². The molecule has 0 bridgehead atoms. The summed E-state index contributed by atoms with van der Waals surface area (Å²) in [4.78, 5) is 0. The van der Waals surface area contributed by atoms with E-state index in [4.69, 9.17) is 0 Å². The fourth-order valence-electron chi connectivity index (χ4n) is 2.65. The topological polar surface area (TPSA) is 20.2 Å². The van der Waals surface area contributed by atoms with Crippen molar-refractivity contribution in [3.05, 3.63) is 34.9 Å². The van der Waals surface area contributed by atoms with Crippen LogP contribution >= 0.6 is 0 Å². The Morgan fingerprint density at radius 1 is 1.13 bits per heavy atom. The van der Waals surface area contributed by atoms with E-state index in [1.165, 1.54) is 29.5 Å². The Balaban J connectivity index is 2.31. The fourth-order valence-corrected chi connectivity index (χ4v) is 2.65. The molecule has 1 aliphatic rings. The van der Waals surface area contributed by atoms with Gasteiger partial charge >= 0.3 is 0 Å². The van der Waals surface area contributed by atoms with Crippen molar-refractivity contribution in [1.82, 2.24) is 0 Å². The molecule has 2 unspecified atom stereocenters. The van der Waals surface area contributed by atoms with E-state index in [0.717, 1.165) is 12.8 Å². The first kappa shape index (κ1) is 10.7. The number of hydrogen-bond acceptors (Lipinski definition) is 1. The van der Waals surface area contributed by atoms with Crippen LogP contribution in [0.1, 0.15) is 48.3 Å². The van der Waals surface area contributed by atoms with E-state index in [1.807, 2.05) is 0 Å². The number of aryl methyl sites for hydroxylation is 1. The van der Waals surface area contributed by atoms with Crippen molar-refractivity contribution in [2.24, 2.45) is 0 Å². The second kappa shape index (κ2) is 4.36. The molecule has 1 aliphatic carbocycles. The van der Waals surface area contributed by atoms with E-state index in [0.29, 0.717) is 5.92 Å². The van der Waals surface area contributed by atoms with Gasteiger partial charge in [-0.25, -0.2) is 0 Å². The van der Waals surface area contributed by atoms with Gasteiger partial charge < -0.3 is 5.11 Å². The minimum atomic E-state index is -0.126. The summed E-state index contributed by atoms with van der Waals surface area (Å²) in [7, 11) is 0. The maximum Gasteiger partial charge on any atom is 0.0608 e. The molecular weight excluding hydrogens is 184 g/mol. The van der Waals surface area contributed by atoms with E-state index < -0.39 is 0 Å². The highest BCUT2D eigenvalue weighted by Gasteiger charge is 2.25. The molecule has 1 aromatic carbocycles. The minimum Gasteiger partial charge on any atom is -0.392 e. The van der Waals surface area contributed by atoms with Crippen LogP contribution in [0.2, 0.25) is 0 Å². The van der Waals surface area contributed by atoms with Crippen LogP contribution in [0.4, 0.5) is 0 Å². The molecule has 0 radical (unpaired) electrons. The van der Waals surface area contributed by atoms with Crippen LogP contribution in [0.15, 0.2) is 18.2 Å². The van der Waals surface area contributed by atoms with E-state index in [9.17, 15) is 5.11 Å². The van der Waals surface area contributed by atoms with Gasteiger partial charge in [-0.2, -0.15) is 0 Å². The number of aliphatic hydroxyl groups is 1. The third-order valence-corrected chi connectivity index (χ3v) is 3.78. The molecular formula is C14H20O. The normalized spacial score (nSPS) is 26.6. The maximum absolute atomic E-state index is 10.0. The Morgan fingerprint density at radius 3 is 2.60 bits per heavy atom. The van der Waals surface area contributed by atoms with Gasteiger partial charge in [0.05, 0.1) is 6.10 Å². The van der Waals surface area contributed by atoms with Crippen LogP contribution < -0.4 is 0 Å². The number of aliphatic hydroxyl groups excluding tert-OH is 1. The van der Waals surface area contributed by atoms with E-state index in [2.05, 4.69) is 32.0 Å². The lowest BCUT2D eigenvalue weighted by atomic mass is 9.79. The number of benzene rings is 1. The molecule has 0 spiro atoms. The van der Waals surface area contributed by atoms with Crippen molar-refractivity contribution in [2.75, 3.05) is 0 Å². The van der Waals surface area contributed by atoms with Crippen molar-refractivity contribution in [3.63, 3.8) is 0 Å². The van der Waals surface area contributed by atoms with Crippen LogP contribution in [0, 0.1) is 13.8 Å². The molecule has 0 amide bonds. The summed E-state index contributed by atoms with van der Waals surface area (Å²) in [5.74, 6) is 0.374. The molecule has 0 aliphatic heterocycles. The zero-order valence-electron chi connectivity index (χ0n) is 9.66. The second-order valence-corrected chi connectivity index (χ2v) is 4.75. The van der Waals surface area contributed by atoms with Gasteiger partial charge in [-0.3, -0.25) is 0 Å². The van der Waals surface area contributed by atoms with E-state index >= 15 is 0 Å². The monoisotopic (exact) mass is 204 g/mol. The molecule has 0 aromatic heterocycles. The highest BCUT2D eigenvalue weighted by atomic mass is 16.3. The lowest BCUT2D eigenvalue weighted by Gasteiger charge is -2.29. The Labute approximate surface area is 92.1 Å². The van der Waals surface area contributed by atoms with Gasteiger partial charge in [-0.15, -0.1) is 0 Å².